The molecule has 0 aromatic heterocycles. The Labute approximate surface area is 215 Å². The molecule has 0 aromatic rings. The zero-order valence-electron chi connectivity index (χ0n) is 23.2. The number of rotatable bonds is 1. The van der Waals surface area contributed by atoms with Gasteiger partial charge in [-0.2, -0.15) is 0 Å². The van der Waals surface area contributed by atoms with Gasteiger partial charge in [-0.1, -0.05) is 47.1 Å². The predicted octanol–water partition coefficient (Wildman–Crippen LogP) is 6.67. The van der Waals surface area contributed by atoms with Crippen molar-refractivity contribution in [3.8, 4) is 0 Å². The number of carbonyl (C=O) groups excluding carboxylic acids is 2. The molecule has 0 radical (unpaired) electrons. The monoisotopic (exact) mass is 496 g/mol. The molecular formula is C31H44O5. The van der Waals surface area contributed by atoms with Gasteiger partial charge >= 0.3 is 5.97 Å². The van der Waals surface area contributed by atoms with Crippen LogP contribution in [0.4, 0.5) is 0 Å². The smallest absolute Gasteiger partial charge is 0.309 e. The van der Waals surface area contributed by atoms with E-state index in [1.165, 1.54) is 5.57 Å². The van der Waals surface area contributed by atoms with Crippen molar-refractivity contribution >= 4 is 17.5 Å². The average Bonchev–Trinajstić information content (AvgIpc) is 2.78. The van der Waals surface area contributed by atoms with Gasteiger partial charge in [0.25, 0.3) is 0 Å². The number of aliphatic carboxylic acids is 1. The summed E-state index contributed by atoms with van der Waals surface area (Å²) in [7, 11) is 0. The number of carboxylic acids is 1. The molecule has 8 atom stereocenters. The Bertz CT molecular complexity index is 1110. The molecule has 0 heterocycles. The predicted molar refractivity (Wildman–Crippen MR) is 138 cm³/mol. The molecule has 0 aliphatic heterocycles. The minimum absolute atomic E-state index is 0.00498. The van der Waals surface area contributed by atoms with Crippen molar-refractivity contribution in [3.05, 3.63) is 23.5 Å². The van der Waals surface area contributed by atoms with Gasteiger partial charge in [0.05, 0.1) is 11.7 Å². The highest BCUT2D eigenvalue weighted by atomic mass is 16.4. The third kappa shape index (κ3) is 2.92. The van der Waals surface area contributed by atoms with E-state index in [9.17, 15) is 24.6 Å². The molecule has 1 unspecified atom stereocenters. The molecule has 36 heavy (non-hydrogen) atoms. The number of Topliss-reactive ketones (excluding diaryl/α,β-unsaturated/α-hetero) is 1. The summed E-state index contributed by atoms with van der Waals surface area (Å²) in [6.07, 6.45) is 9.31. The molecule has 0 saturated heterocycles. The zero-order chi connectivity index (χ0) is 26.7. The molecule has 5 rings (SSSR count). The summed E-state index contributed by atoms with van der Waals surface area (Å²) in [5.41, 5.74) is -0.645. The second kappa shape index (κ2) is 7.35. The summed E-state index contributed by atoms with van der Waals surface area (Å²) in [4.78, 5) is 39.8. The molecule has 0 aromatic carbocycles. The maximum atomic E-state index is 14.3. The number of aliphatic hydroxyl groups is 1. The van der Waals surface area contributed by atoms with Gasteiger partial charge in [0, 0.05) is 16.9 Å². The van der Waals surface area contributed by atoms with Crippen molar-refractivity contribution in [1.29, 1.82) is 0 Å². The lowest BCUT2D eigenvalue weighted by Crippen LogP contribution is -2.66. The summed E-state index contributed by atoms with van der Waals surface area (Å²) in [6, 6.07) is 0. The molecule has 4 fully saturated rings. The fraction of sp³-hybridized carbons (Fsp3) is 0.774. The summed E-state index contributed by atoms with van der Waals surface area (Å²) >= 11 is 0. The standard InChI is InChI=1S/C31H44O5/c1-26(2)22-8-9-31(7)23(29(22,5)15-18(17-32)24(26)34)21(33)14-19-20-16-28(4,25(35)36)11-10-27(20,3)12-13-30(19,31)6/h14,17,20,22-23,32H,8-13,15-16H2,1-7H3,(H,35,36)/t20-,22-,23+,27+,28?,29-,30+,31+/m0/s1. The lowest BCUT2D eigenvalue weighted by atomic mass is 9.33. The first-order valence-corrected chi connectivity index (χ1v) is 13.9. The first-order valence-electron chi connectivity index (χ1n) is 13.9. The van der Waals surface area contributed by atoms with Crippen LogP contribution in [0, 0.1) is 50.2 Å². The molecule has 5 nitrogen and oxygen atoms in total. The number of carboxylic acid groups (broad SMARTS) is 1. The van der Waals surface area contributed by atoms with Gasteiger partial charge in [-0.05, 0) is 97.9 Å². The molecular weight excluding hydrogens is 452 g/mol. The van der Waals surface area contributed by atoms with E-state index >= 15 is 0 Å². The van der Waals surface area contributed by atoms with E-state index in [1.54, 1.807) is 0 Å². The summed E-state index contributed by atoms with van der Waals surface area (Å²) < 4.78 is 0. The third-order valence-corrected chi connectivity index (χ3v) is 12.8. The van der Waals surface area contributed by atoms with Gasteiger partial charge in [0.1, 0.15) is 0 Å². The highest BCUT2D eigenvalue weighted by Crippen LogP contribution is 2.75. The minimum atomic E-state index is -0.762. The first-order chi connectivity index (χ1) is 16.5. The van der Waals surface area contributed by atoms with E-state index in [1.807, 2.05) is 26.8 Å². The maximum absolute atomic E-state index is 14.3. The van der Waals surface area contributed by atoms with E-state index in [2.05, 4.69) is 27.7 Å². The number of carbonyl (C=O) groups is 3. The molecule has 5 aliphatic rings. The Kier molecular flexibility index (Phi) is 5.25. The van der Waals surface area contributed by atoms with Crippen LogP contribution >= 0.6 is 0 Å². The fourth-order valence-corrected chi connectivity index (χ4v) is 10.3. The normalized spacial score (nSPS) is 50.9. The van der Waals surface area contributed by atoms with Crippen molar-refractivity contribution in [2.75, 3.05) is 0 Å². The van der Waals surface area contributed by atoms with Crippen LogP contribution in [0.3, 0.4) is 0 Å². The molecule has 2 N–H and O–H groups in total. The van der Waals surface area contributed by atoms with Crippen LogP contribution in [-0.4, -0.2) is 27.7 Å². The summed E-state index contributed by atoms with van der Waals surface area (Å²) in [5, 5.41) is 20.1. The number of allylic oxidation sites excluding steroid dienone is 3. The van der Waals surface area contributed by atoms with Gasteiger partial charge in [0.15, 0.2) is 11.6 Å². The third-order valence-electron chi connectivity index (χ3n) is 12.8. The Balaban J connectivity index is 1.65. The SMILES string of the molecule is CC1(C(=O)O)CC[C@]2(C)CC[C@]3(C)C(=CC(=O)[C@@H]4[C@@]5(C)CC(=CO)C(=O)C(C)(C)[C@@H]5CC[C@]43C)[C@@H]2C1. The Hall–Kier alpha value is -1.91. The molecule has 0 bridgehead atoms. The highest BCUT2D eigenvalue weighted by Gasteiger charge is 2.70. The van der Waals surface area contributed by atoms with E-state index < -0.39 is 22.2 Å². The average molecular weight is 497 g/mol. The Morgan fingerprint density at radius 1 is 0.972 bits per heavy atom. The quantitative estimate of drug-likeness (QED) is 0.312. The van der Waals surface area contributed by atoms with E-state index in [0.29, 0.717) is 24.8 Å². The molecule has 0 spiro atoms. The molecule has 4 saturated carbocycles. The minimum Gasteiger partial charge on any atom is -0.515 e. The summed E-state index contributed by atoms with van der Waals surface area (Å²) in [6.45, 7) is 15.0. The van der Waals surface area contributed by atoms with Crippen LogP contribution in [0.5, 0.6) is 0 Å². The Morgan fingerprint density at radius 2 is 1.61 bits per heavy atom. The van der Waals surface area contributed by atoms with Gasteiger partial charge in [-0.3, -0.25) is 14.4 Å². The van der Waals surface area contributed by atoms with Gasteiger partial charge in [0.2, 0.25) is 0 Å². The number of hydrogen-bond donors (Lipinski definition) is 2. The van der Waals surface area contributed by atoms with Crippen LogP contribution in [0.25, 0.3) is 0 Å². The molecule has 5 aliphatic carbocycles. The second-order valence-corrected chi connectivity index (χ2v) is 14.9. The van der Waals surface area contributed by atoms with Crippen LogP contribution < -0.4 is 0 Å². The van der Waals surface area contributed by atoms with Gasteiger partial charge < -0.3 is 10.2 Å². The molecule has 198 valence electrons. The largest absolute Gasteiger partial charge is 0.515 e. The van der Waals surface area contributed by atoms with Crippen molar-refractivity contribution in [3.63, 3.8) is 0 Å². The zero-order valence-corrected chi connectivity index (χ0v) is 23.2. The first kappa shape index (κ1) is 25.7. The van der Waals surface area contributed by atoms with Crippen LogP contribution in [0.15, 0.2) is 23.5 Å². The Morgan fingerprint density at radius 3 is 2.22 bits per heavy atom. The van der Waals surface area contributed by atoms with Gasteiger partial charge in [-0.15, -0.1) is 0 Å². The van der Waals surface area contributed by atoms with Crippen molar-refractivity contribution in [2.45, 2.75) is 99.8 Å². The van der Waals surface area contributed by atoms with Crippen LogP contribution in [0.2, 0.25) is 0 Å². The topological polar surface area (TPSA) is 91.7 Å². The van der Waals surface area contributed by atoms with E-state index in [-0.39, 0.29) is 45.6 Å². The van der Waals surface area contributed by atoms with E-state index in [4.69, 9.17) is 0 Å². The van der Waals surface area contributed by atoms with Gasteiger partial charge in [-0.25, -0.2) is 0 Å². The number of ketones is 2. The van der Waals surface area contributed by atoms with Crippen molar-refractivity contribution in [2.24, 2.45) is 50.2 Å². The number of hydrogen-bond acceptors (Lipinski definition) is 4. The summed E-state index contributed by atoms with van der Waals surface area (Å²) in [5.74, 6) is -0.652. The van der Waals surface area contributed by atoms with E-state index in [0.717, 1.165) is 38.4 Å². The fourth-order valence-electron chi connectivity index (χ4n) is 10.3. The maximum Gasteiger partial charge on any atom is 0.309 e. The number of aliphatic hydroxyl groups excluding tert-OH is 1. The van der Waals surface area contributed by atoms with Crippen LogP contribution in [-0.2, 0) is 14.4 Å². The molecule has 5 heteroatoms. The number of fused-ring (bicyclic) bond motifs is 7. The lowest BCUT2D eigenvalue weighted by Gasteiger charge is -2.69. The lowest BCUT2D eigenvalue weighted by molar-refractivity contribution is -0.183. The van der Waals surface area contributed by atoms with Crippen LogP contribution in [0.1, 0.15) is 99.8 Å². The highest BCUT2D eigenvalue weighted by molar-refractivity contribution is 6.02. The molecule has 0 amide bonds. The van der Waals surface area contributed by atoms with Crippen molar-refractivity contribution in [1.82, 2.24) is 0 Å². The van der Waals surface area contributed by atoms with Crippen molar-refractivity contribution < 1.29 is 24.6 Å². The second-order valence-electron chi connectivity index (χ2n) is 14.9.